The number of anilines is 1. The van der Waals surface area contributed by atoms with E-state index >= 15 is 0 Å². The lowest BCUT2D eigenvalue weighted by Gasteiger charge is -2.26. The molecule has 1 heterocycles. The summed E-state index contributed by atoms with van der Waals surface area (Å²) in [6, 6.07) is 10.8. The van der Waals surface area contributed by atoms with Gasteiger partial charge in [-0.15, -0.1) is 0 Å². The Hall–Kier alpha value is -3.29. The minimum absolute atomic E-state index is 0.0388. The van der Waals surface area contributed by atoms with Crippen molar-refractivity contribution in [1.29, 1.82) is 0 Å². The second-order valence-electron chi connectivity index (χ2n) is 7.06. The number of alkyl halides is 2. The summed E-state index contributed by atoms with van der Waals surface area (Å²) in [6.45, 7) is 0.823. The second kappa shape index (κ2) is 8.38. The first-order chi connectivity index (χ1) is 13.8. The molecule has 1 aliphatic heterocycles. The summed E-state index contributed by atoms with van der Waals surface area (Å²) in [7, 11) is 0. The number of carbonyl (C=O) groups excluding carboxylic acids is 3. The van der Waals surface area contributed by atoms with Gasteiger partial charge >= 0.3 is 6.61 Å². The summed E-state index contributed by atoms with van der Waals surface area (Å²) < 4.78 is 28.8. The Bertz CT molecular complexity index is 894. The molecule has 2 aromatic rings. The summed E-state index contributed by atoms with van der Waals surface area (Å²) in [5, 5.41) is 2.64. The fourth-order valence-corrected chi connectivity index (χ4v) is 3.21. The monoisotopic (exact) mass is 402 g/mol. The summed E-state index contributed by atoms with van der Waals surface area (Å²) in [6.07, 6.45) is 0.282. The van der Waals surface area contributed by atoms with Crippen molar-refractivity contribution in [2.75, 3.05) is 5.32 Å². The maximum Gasteiger partial charge on any atom is 0.387 e. The molecule has 3 rings (SSSR count). The summed E-state index contributed by atoms with van der Waals surface area (Å²) >= 11 is 0. The number of nitrogens with one attached hydrogen (secondary N) is 1. The number of fused-ring (bicyclic) bond motifs is 1. The highest BCUT2D eigenvalue weighted by Gasteiger charge is 2.42. The van der Waals surface area contributed by atoms with Crippen molar-refractivity contribution in [2.24, 2.45) is 5.92 Å². The normalized spacial score (nSPS) is 14.3. The van der Waals surface area contributed by atoms with Gasteiger partial charge in [0.15, 0.2) is 0 Å². The van der Waals surface area contributed by atoms with Gasteiger partial charge in [-0.25, -0.2) is 0 Å². The van der Waals surface area contributed by atoms with Crippen molar-refractivity contribution in [3.05, 3.63) is 59.7 Å². The molecule has 0 bridgehead atoms. The van der Waals surface area contributed by atoms with Gasteiger partial charge in [0.25, 0.3) is 11.8 Å². The maximum absolute atomic E-state index is 12.9. The van der Waals surface area contributed by atoms with Crippen LogP contribution in [-0.4, -0.2) is 35.3 Å². The van der Waals surface area contributed by atoms with E-state index in [0.29, 0.717) is 5.69 Å². The molecular weight excluding hydrogens is 382 g/mol. The number of nitrogens with zero attached hydrogens (tertiary/aromatic N) is 1. The van der Waals surface area contributed by atoms with E-state index in [0.717, 1.165) is 4.90 Å². The zero-order valence-electron chi connectivity index (χ0n) is 15.9. The fraction of sp³-hybridized carbons (Fsp3) is 0.286. The molecule has 0 aromatic heterocycles. The highest BCUT2D eigenvalue weighted by molar-refractivity contribution is 6.23. The van der Waals surface area contributed by atoms with Crippen molar-refractivity contribution in [3.63, 3.8) is 0 Å². The Morgan fingerprint density at radius 1 is 1.00 bits per heavy atom. The Kier molecular flexibility index (Phi) is 5.91. The SMILES string of the molecule is CC(C)CC(C(=O)Nc1ccc(OC(F)F)cc1)N1C(=O)c2ccccc2C1=O. The first-order valence-corrected chi connectivity index (χ1v) is 9.10. The molecule has 29 heavy (non-hydrogen) atoms. The smallest absolute Gasteiger partial charge is 0.387 e. The van der Waals surface area contributed by atoms with Gasteiger partial charge in [0.1, 0.15) is 11.8 Å². The zero-order chi connectivity index (χ0) is 21.1. The Labute approximate surface area is 166 Å². The molecule has 1 N–H and O–H groups in total. The molecule has 0 spiro atoms. The van der Waals surface area contributed by atoms with E-state index in [-0.39, 0.29) is 29.2 Å². The van der Waals surface area contributed by atoms with Crippen LogP contribution in [0.4, 0.5) is 14.5 Å². The van der Waals surface area contributed by atoms with Crippen LogP contribution < -0.4 is 10.1 Å². The van der Waals surface area contributed by atoms with Gasteiger partial charge in [-0.3, -0.25) is 19.3 Å². The van der Waals surface area contributed by atoms with Crippen LogP contribution in [0.3, 0.4) is 0 Å². The van der Waals surface area contributed by atoms with Crippen molar-refractivity contribution in [1.82, 2.24) is 4.90 Å². The van der Waals surface area contributed by atoms with Gasteiger partial charge in [0, 0.05) is 5.69 Å². The molecule has 0 aliphatic carbocycles. The average molecular weight is 402 g/mol. The zero-order valence-corrected chi connectivity index (χ0v) is 15.9. The average Bonchev–Trinajstić information content (AvgIpc) is 2.92. The quantitative estimate of drug-likeness (QED) is 0.712. The molecule has 0 saturated heterocycles. The number of ether oxygens (including phenoxy) is 1. The molecule has 1 unspecified atom stereocenters. The van der Waals surface area contributed by atoms with Crippen LogP contribution in [0.25, 0.3) is 0 Å². The predicted octanol–water partition coefficient (Wildman–Crippen LogP) is 3.94. The van der Waals surface area contributed by atoms with Gasteiger partial charge in [-0.2, -0.15) is 8.78 Å². The van der Waals surface area contributed by atoms with Gasteiger partial charge in [-0.1, -0.05) is 26.0 Å². The van der Waals surface area contributed by atoms with Gasteiger partial charge in [-0.05, 0) is 48.7 Å². The van der Waals surface area contributed by atoms with Gasteiger partial charge in [0.05, 0.1) is 11.1 Å². The third kappa shape index (κ3) is 4.42. The first kappa shape index (κ1) is 20.4. The third-order valence-corrected chi connectivity index (χ3v) is 4.48. The van der Waals surface area contributed by atoms with Crippen molar-refractivity contribution in [3.8, 4) is 5.75 Å². The Morgan fingerprint density at radius 2 is 1.55 bits per heavy atom. The van der Waals surface area contributed by atoms with E-state index in [1.807, 2.05) is 13.8 Å². The lowest BCUT2D eigenvalue weighted by molar-refractivity contribution is -0.120. The lowest BCUT2D eigenvalue weighted by Crippen LogP contribution is -2.47. The molecule has 1 aliphatic rings. The number of benzene rings is 2. The van der Waals surface area contributed by atoms with Crippen LogP contribution in [0.2, 0.25) is 0 Å². The molecular formula is C21H20F2N2O4. The van der Waals surface area contributed by atoms with Gasteiger partial charge in [0.2, 0.25) is 5.91 Å². The highest BCUT2D eigenvalue weighted by atomic mass is 19.3. The molecule has 1 atom stereocenters. The van der Waals surface area contributed by atoms with Crippen molar-refractivity contribution < 1.29 is 27.9 Å². The van der Waals surface area contributed by atoms with E-state index in [2.05, 4.69) is 10.1 Å². The first-order valence-electron chi connectivity index (χ1n) is 9.10. The summed E-state index contributed by atoms with van der Waals surface area (Å²) in [5.41, 5.74) is 0.877. The number of imide groups is 1. The van der Waals surface area contributed by atoms with Crippen LogP contribution in [-0.2, 0) is 4.79 Å². The fourth-order valence-electron chi connectivity index (χ4n) is 3.21. The second-order valence-corrected chi connectivity index (χ2v) is 7.06. The molecule has 0 radical (unpaired) electrons. The molecule has 8 heteroatoms. The number of hydrogen-bond donors (Lipinski definition) is 1. The van der Waals surface area contributed by atoms with Crippen LogP contribution in [0, 0.1) is 5.92 Å². The van der Waals surface area contributed by atoms with Crippen LogP contribution in [0.5, 0.6) is 5.75 Å². The van der Waals surface area contributed by atoms with Crippen molar-refractivity contribution >= 4 is 23.4 Å². The molecule has 152 valence electrons. The number of hydrogen-bond acceptors (Lipinski definition) is 4. The minimum Gasteiger partial charge on any atom is -0.435 e. The van der Waals surface area contributed by atoms with Gasteiger partial charge < -0.3 is 10.1 Å². The number of rotatable bonds is 7. The standard InChI is InChI=1S/C21H20F2N2O4/c1-12(2)11-17(25-19(27)15-5-3-4-6-16(15)20(25)28)18(26)24-13-7-9-14(10-8-13)29-21(22)23/h3-10,12,17,21H,11H2,1-2H3,(H,24,26). The number of amides is 3. The largest absolute Gasteiger partial charge is 0.435 e. The molecule has 6 nitrogen and oxygen atoms in total. The van der Waals surface area contributed by atoms with Crippen LogP contribution in [0.1, 0.15) is 41.0 Å². The molecule has 0 saturated carbocycles. The highest BCUT2D eigenvalue weighted by Crippen LogP contribution is 2.28. The Balaban J connectivity index is 1.81. The van der Waals surface area contributed by atoms with E-state index in [4.69, 9.17) is 0 Å². The third-order valence-electron chi connectivity index (χ3n) is 4.48. The van der Waals surface area contributed by atoms with E-state index in [1.54, 1.807) is 24.3 Å². The minimum atomic E-state index is -2.94. The number of halogens is 2. The van der Waals surface area contributed by atoms with E-state index < -0.39 is 30.4 Å². The van der Waals surface area contributed by atoms with Crippen molar-refractivity contribution in [2.45, 2.75) is 32.9 Å². The predicted molar refractivity (Wildman–Crippen MR) is 102 cm³/mol. The molecule has 0 fully saturated rings. The lowest BCUT2D eigenvalue weighted by atomic mass is 10.0. The number of carbonyl (C=O) groups is 3. The molecule has 2 aromatic carbocycles. The Morgan fingerprint density at radius 3 is 2.03 bits per heavy atom. The summed E-state index contributed by atoms with van der Waals surface area (Å²) in [5.74, 6) is -1.55. The van der Waals surface area contributed by atoms with Crippen LogP contribution >= 0.6 is 0 Å². The molecule has 3 amide bonds. The maximum atomic E-state index is 12.9. The summed E-state index contributed by atoms with van der Waals surface area (Å²) in [4.78, 5) is 39.5. The van der Waals surface area contributed by atoms with E-state index in [1.165, 1.54) is 24.3 Å². The topological polar surface area (TPSA) is 75.7 Å². The van der Waals surface area contributed by atoms with E-state index in [9.17, 15) is 23.2 Å². The van der Waals surface area contributed by atoms with Crippen LogP contribution in [0.15, 0.2) is 48.5 Å².